The number of ketones is 1. The lowest BCUT2D eigenvalue weighted by atomic mass is 10.0. The highest BCUT2D eigenvalue weighted by molar-refractivity contribution is 6.02. The van der Waals surface area contributed by atoms with E-state index in [-0.39, 0.29) is 17.1 Å². The summed E-state index contributed by atoms with van der Waals surface area (Å²) in [6.45, 7) is 4.23. The fourth-order valence-electron chi connectivity index (χ4n) is 2.11. The fourth-order valence-corrected chi connectivity index (χ4v) is 2.11. The van der Waals surface area contributed by atoms with Crippen LogP contribution in [0.25, 0.3) is 0 Å². The highest BCUT2D eigenvalue weighted by Crippen LogP contribution is 2.53. The summed E-state index contributed by atoms with van der Waals surface area (Å²) in [5.74, 6) is 1.58. The smallest absolute Gasteiger partial charge is 0.170 e. The average molecular weight is 234 g/mol. The molecule has 0 bridgehead atoms. The van der Waals surface area contributed by atoms with Gasteiger partial charge in [-0.2, -0.15) is 0 Å². The van der Waals surface area contributed by atoms with Gasteiger partial charge in [-0.3, -0.25) is 4.79 Å². The van der Waals surface area contributed by atoms with E-state index in [9.17, 15) is 4.79 Å². The van der Waals surface area contributed by atoms with Crippen molar-refractivity contribution in [2.75, 3.05) is 14.2 Å². The first-order valence-electron chi connectivity index (χ1n) is 5.76. The Morgan fingerprint density at radius 1 is 1.29 bits per heavy atom. The number of hydrogen-bond acceptors (Lipinski definition) is 3. The van der Waals surface area contributed by atoms with Crippen LogP contribution in [-0.2, 0) is 0 Å². The Kier molecular flexibility index (Phi) is 2.86. The molecule has 0 radical (unpaired) electrons. The maximum Gasteiger partial charge on any atom is 0.170 e. The Morgan fingerprint density at radius 3 is 2.41 bits per heavy atom. The summed E-state index contributed by atoms with van der Waals surface area (Å²) in [6, 6.07) is 5.34. The molecule has 3 heteroatoms. The van der Waals surface area contributed by atoms with Crippen LogP contribution in [0.1, 0.15) is 30.6 Å². The Bertz CT molecular complexity index is 449. The second kappa shape index (κ2) is 4.06. The third kappa shape index (κ3) is 2.14. The van der Waals surface area contributed by atoms with Crippen LogP contribution < -0.4 is 9.47 Å². The van der Waals surface area contributed by atoms with Gasteiger partial charge in [0, 0.05) is 5.92 Å². The number of benzene rings is 1. The first kappa shape index (κ1) is 12.0. The monoisotopic (exact) mass is 234 g/mol. The van der Waals surface area contributed by atoms with E-state index >= 15 is 0 Å². The van der Waals surface area contributed by atoms with Gasteiger partial charge in [-0.05, 0) is 30.0 Å². The number of hydrogen-bond donors (Lipinski definition) is 0. The van der Waals surface area contributed by atoms with E-state index in [1.165, 1.54) is 0 Å². The predicted molar refractivity (Wildman–Crippen MR) is 65.8 cm³/mol. The second-order valence-corrected chi connectivity index (χ2v) is 5.18. The van der Waals surface area contributed by atoms with Crippen LogP contribution in [0.4, 0.5) is 0 Å². The van der Waals surface area contributed by atoms with Crippen molar-refractivity contribution in [1.29, 1.82) is 0 Å². The van der Waals surface area contributed by atoms with Crippen LogP contribution in [-0.4, -0.2) is 20.0 Å². The van der Waals surface area contributed by atoms with Gasteiger partial charge in [0.1, 0.15) is 11.5 Å². The molecule has 1 atom stereocenters. The molecule has 0 aromatic heterocycles. The van der Waals surface area contributed by atoms with Gasteiger partial charge in [-0.15, -0.1) is 0 Å². The van der Waals surface area contributed by atoms with Crippen LogP contribution in [0.15, 0.2) is 18.2 Å². The molecule has 1 saturated carbocycles. The molecule has 0 amide bonds. The lowest BCUT2D eigenvalue weighted by Crippen LogP contribution is -2.08. The molecule has 17 heavy (non-hydrogen) atoms. The second-order valence-electron chi connectivity index (χ2n) is 5.18. The van der Waals surface area contributed by atoms with Gasteiger partial charge < -0.3 is 9.47 Å². The molecule has 2 rings (SSSR count). The van der Waals surface area contributed by atoms with E-state index in [0.29, 0.717) is 17.1 Å². The summed E-state index contributed by atoms with van der Waals surface area (Å²) < 4.78 is 10.4. The molecule has 1 aliphatic carbocycles. The van der Waals surface area contributed by atoms with Crippen molar-refractivity contribution in [1.82, 2.24) is 0 Å². The van der Waals surface area contributed by atoms with E-state index < -0.39 is 0 Å². The lowest BCUT2D eigenvalue weighted by molar-refractivity contribution is 0.0950. The molecule has 1 aromatic carbocycles. The van der Waals surface area contributed by atoms with E-state index in [1.807, 2.05) is 0 Å². The zero-order valence-corrected chi connectivity index (χ0v) is 10.7. The Balaban J connectivity index is 2.33. The van der Waals surface area contributed by atoms with Gasteiger partial charge in [0.15, 0.2) is 5.78 Å². The van der Waals surface area contributed by atoms with Crippen molar-refractivity contribution in [2.45, 2.75) is 20.3 Å². The minimum Gasteiger partial charge on any atom is -0.497 e. The highest BCUT2D eigenvalue weighted by atomic mass is 16.5. The third-order valence-corrected chi connectivity index (χ3v) is 3.50. The van der Waals surface area contributed by atoms with Crippen molar-refractivity contribution in [3.63, 3.8) is 0 Å². The van der Waals surface area contributed by atoms with Gasteiger partial charge in [-0.25, -0.2) is 0 Å². The molecule has 3 nitrogen and oxygen atoms in total. The van der Waals surface area contributed by atoms with Gasteiger partial charge >= 0.3 is 0 Å². The van der Waals surface area contributed by atoms with Crippen molar-refractivity contribution < 1.29 is 14.3 Å². The van der Waals surface area contributed by atoms with E-state index in [0.717, 1.165) is 6.42 Å². The SMILES string of the molecule is COc1ccc(OC)c(C(=O)C2CC2(C)C)c1. The van der Waals surface area contributed by atoms with Crippen LogP contribution in [0.3, 0.4) is 0 Å². The zero-order chi connectivity index (χ0) is 12.6. The minimum atomic E-state index is 0.114. The highest BCUT2D eigenvalue weighted by Gasteiger charge is 2.51. The fraction of sp³-hybridized carbons (Fsp3) is 0.500. The molecule has 0 spiro atoms. The Labute approximate surface area is 102 Å². The molecule has 1 aliphatic rings. The zero-order valence-electron chi connectivity index (χ0n) is 10.7. The molecule has 0 aliphatic heterocycles. The maximum atomic E-state index is 12.3. The van der Waals surface area contributed by atoms with E-state index in [4.69, 9.17) is 9.47 Å². The number of carbonyl (C=O) groups is 1. The predicted octanol–water partition coefficient (Wildman–Crippen LogP) is 2.93. The number of methoxy groups -OCH3 is 2. The van der Waals surface area contributed by atoms with Gasteiger partial charge in [0.05, 0.1) is 19.8 Å². The molecule has 0 heterocycles. The summed E-state index contributed by atoms with van der Waals surface area (Å²) in [5.41, 5.74) is 0.757. The molecule has 1 fully saturated rings. The number of rotatable bonds is 4. The summed E-state index contributed by atoms with van der Waals surface area (Å²) in [6.07, 6.45) is 0.951. The van der Waals surface area contributed by atoms with Crippen molar-refractivity contribution in [3.8, 4) is 11.5 Å². The van der Waals surface area contributed by atoms with Gasteiger partial charge in [0.2, 0.25) is 0 Å². The summed E-state index contributed by atoms with van der Waals surface area (Å²) in [4.78, 5) is 12.3. The van der Waals surface area contributed by atoms with Crippen molar-refractivity contribution >= 4 is 5.78 Å². The normalized spacial score (nSPS) is 20.8. The molecular formula is C14H18O3. The third-order valence-electron chi connectivity index (χ3n) is 3.50. The van der Waals surface area contributed by atoms with Crippen LogP contribution in [0, 0.1) is 11.3 Å². The summed E-state index contributed by atoms with van der Waals surface area (Å²) >= 11 is 0. The summed E-state index contributed by atoms with van der Waals surface area (Å²) in [5, 5.41) is 0. The first-order valence-corrected chi connectivity index (χ1v) is 5.76. The molecule has 1 unspecified atom stereocenters. The Morgan fingerprint density at radius 2 is 1.94 bits per heavy atom. The number of Topliss-reactive ketones (excluding diaryl/α,β-unsaturated/α-hetero) is 1. The largest absolute Gasteiger partial charge is 0.497 e. The van der Waals surface area contributed by atoms with Crippen LogP contribution in [0.5, 0.6) is 11.5 Å². The number of carbonyl (C=O) groups excluding carboxylic acids is 1. The van der Waals surface area contributed by atoms with E-state index in [2.05, 4.69) is 13.8 Å². The molecule has 0 saturated heterocycles. The Hall–Kier alpha value is -1.51. The van der Waals surface area contributed by atoms with Crippen molar-refractivity contribution in [2.24, 2.45) is 11.3 Å². The topological polar surface area (TPSA) is 35.5 Å². The minimum absolute atomic E-state index is 0.114. The molecule has 1 aromatic rings. The molecular weight excluding hydrogens is 216 g/mol. The molecule has 92 valence electrons. The summed E-state index contributed by atoms with van der Waals surface area (Å²) in [7, 11) is 3.17. The standard InChI is InChI=1S/C14H18O3/c1-14(2)8-11(14)13(15)10-7-9(16-3)5-6-12(10)17-4/h5-7,11H,8H2,1-4H3. The average Bonchev–Trinajstić information content (AvgIpc) is 2.96. The lowest BCUT2D eigenvalue weighted by Gasteiger charge is -2.10. The van der Waals surface area contributed by atoms with Crippen molar-refractivity contribution in [3.05, 3.63) is 23.8 Å². The van der Waals surface area contributed by atoms with E-state index in [1.54, 1.807) is 32.4 Å². The quantitative estimate of drug-likeness (QED) is 0.751. The first-order chi connectivity index (χ1) is 7.99. The number of ether oxygens (including phenoxy) is 2. The van der Waals surface area contributed by atoms with Crippen LogP contribution in [0.2, 0.25) is 0 Å². The molecule has 0 N–H and O–H groups in total. The van der Waals surface area contributed by atoms with Gasteiger partial charge in [0.25, 0.3) is 0 Å². The van der Waals surface area contributed by atoms with Gasteiger partial charge in [-0.1, -0.05) is 13.8 Å². The maximum absolute atomic E-state index is 12.3. The van der Waals surface area contributed by atoms with Crippen LogP contribution >= 0.6 is 0 Å².